The van der Waals surface area contributed by atoms with E-state index in [2.05, 4.69) is 16.0 Å². The molecule has 0 bridgehead atoms. The van der Waals surface area contributed by atoms with Crippen molar-refractivity contribution in [3.8, 4) is 23.0 Å². The van der Waals surface area contributed by atoms with E-state index in [0.717, 1.165) is 5.56 Å². The van der Waals surface area contributed by atoms with Gasteiger partial charge in [0.1, 0.15) is 36.8 Å². The smallest absolute Gasteiger partial charge is 0.255 e. The number of hydrogen-bond donors (Lipinski definition) is 3. The van der Waals surface area contributed by atoms with Gasteiger partial charge in [0.25, 0.3) is 5.91 Å². The van der Waals surface area contributed by atoms with Gasteiger partial charge in [-0.1, -0.05) is 66.2 Å². The van der Waals surface area contributed by atoms with Gasteiger partial charge < -0.3 is 35.1 Å². The Morgan fingerprint density at radius 1 is 0.922 bits per heavy atom. The third-order valence-corrected chi connectivity index (χ3v) is 8.41. The molecule has 3 N–H and O–H groups in total. The molecular weight excluding hydrogens is 672 g/mol. The Labute approximate surface area is 302 Å². The molecule has 4 amide bonds. The minimum atomic E-state index is -1.09. The lowest BCUT2D eigenvalue weighted by Crippen LogP contribution is -2.51. The zero-order chi connectivity index (χ0) is 36.2. The number of likely N-dealkylation sites (N-methyl/N-ethyl adjacent to an activating group) is 1. The second kappa shape index (κ2) is 17.9. The molecule has 0 aromatic heterocycles. The molecule has 3 atom stereocenters. The summed E-state index contributed by atoms with van der Waals surface area (Å²) in [5.74, 6) is 0.0871. The van der Waals surface area contributed by atoms with E-state index in [4.69, 9.17) is 25.8 Å². The van der Waals surface area contributed by atoms with Crippen LogP contribution in [-0.2, 0) is 20.8 Å². The van der Waals surface area contributed by atoms with E-state index in [1.807, 2.05) is 42.5 Å². The SMILES string of the molecule is C[C@H](COc1ccccc1Oc1ccc(Cl)cc1)NC(=O)[C@@H]1CCC(=O)N[C@H](Cc2ccccc2)C(=O)N(C)CCOc2ccccc2C(=O)N1. The molecule has 4 aromatic carbocycles. The topological polar surface area (TPSA) is 135 Å². The number of fused-ring (bicyclic) bond motifs is 1. The first-order valence-corrected chi connectivity index (χ1v) is 17.1. The Hall–Kier alpha value is -5.55. The first-order chi connectivity index (χ1) is 24.7. The van der Waals surface area contributed by atoms with E-state index in [1.54, 1.807) is 74.6 Å². The fourth-order valence-corrected chi connectivity index (χ4v) is 5.55. The van der Waals surface area contributed by atoms with E-state index in [-0.39, 0.29) is 50.5 Å². The van der Waals surface area contributed by atoms with Crippen molar-refractivity contribution in [3.63, 3.8) is 0 Å². The lowest BCUT2D eigenvalue weighted by Gasteiger charge is -2.25. The standard InChI is InChI=1S/C39H41ClN4O7/c1-26(25-50-34-14-8-9-15-35(34)51-29-18-16-28(40)17-19-29)41-38(47)31-20-21-36(45)42-32(24-27-10-4-3-5-11-27)39(48)44(2)22-23-49-33-13-7-6-12-30(33)37(46)43-31/h3-19,26,31-32H,20-25H2,1-2H3,(H,41,47)(H,42,45)(H,43,46)/t26-,31+,32-/m1/s1. The molecule has 0 fully saturated rings. The molecule has 0 radical (unpaired) electrons. The summed E-state index contributed by atoms with van der Waals surface area (Å²) in [6.07, 6.45) is 0.129. The second-order valence-corrected chi connectivity index (χ2v) is 12.6. The predicted octanol–water partition coefficient (Wildman–Crippen LogP) is 5.17. The van der Waals surface area contributed by atoms with Gasteiger partial charge in [-0.25, -0.2) is 0 Å². The van der Waals surface area contributed by atoms with Crippen molar-refractivity contribution in [2.75, 3.05) is 26.8 Å². The van der Waals surface area contributed by atoms with Crippen LogP contribution in [0, 0.1) is 0 Å². The first-order valence-electron chi connectivity index (χ1n) is 16.7. The molecule has 0 aliphatic carbocycles. The highest BCUT2D eigenvalue weighted by Crippen LogP contribution is 2.32. The number of ether oxygens (including phenoxy) is 3. The Bertz CT molecular complexity index is 1810. The van der Waals surface area contributed by atoms with Gasteiger partial charge in [0, 0.05) is 24.9 Å². The summed E-state index contributed by atoms with van der Waals surface area (Å²) in [6, 6.07) is 27.7. The minimum absolute atomic E-state index is 0.0279. The fraction of sp³-hybridized carbons (Fsp3) is 0.282. The molecule has 0 saturated heterocycles. The van der Waals surface area contributed by atoms with Gasteiger partial charge >= 0.3 is 0 Å². The van der Waals surface area contributed by atoms with Crippen LogP contribution >= 0.6 is 11.6 Å². The van der Waals surface area contributed by atoms with Crippen LogP contribution in [-0.4, -0.2) is 73.5 Å². The predicted molar refractivity (Wildman–Crippen MR) is 193 cm³/mol. The van der Waals surface area contributed by atoms with Crippen LogP contribution < -0.4 is 30.2 Å². The molecule has 0 spiro atoms. The molecule has 4 aromatic rings. The molecule has 1 aliphatic heterocycles. The lowest BCUT2D eigenvalue weighted by atomic mass is 10.0. The van der Waals surface area contributed by atoms with Gasteiger partial charge in [0.05, 0.1) is 18.2 Å². The van der Waals surface area contributed by atoms with Gasteiger partial charge in [-0.3, -0.25) is 19.2 Å². The van der Waals surface area contributed by atoms with Crippen molar-refractivity contribution in [1.82, 2.24) is 20.9 Å². The molecule has 51 heavy (non-hydrogen) atoms. The summed E-state index contributed by atoms with van der Waals surface area (Å²) in [6.45, 7) is 2.18. The normalized spacial score (nSPS) is 17.7. The fourth-order valence-electron chi connectivity index (χ4n) is 5.43. The first kappa shape index (κ1) is 36.7. The summed E-state index contributed by atoms with van der Waals surface area (Å²) < 4.78 is 17.9. The molecule has 1 aliphatic rings. The van der Waals surface area contributed by atoms with Crippen LogP contribution in [0.25, 0.3) is 0 Å². The zero-order valence-electron chi connectivity index (χ0n) is 28.5. The number of halogens is 1. The van der Waals surface area contributed by atoms with Crippen molar-refractivity contribution < 1.29 is 33.4 Å². The van der Waals surface area contributed by atoms with E-state index >= 15 is 0 Å². The van der Waals surface area contributed by atoms with Crippen LogP contribution in [0.3, 0.4) is 0 Å². The molecule has 5 rings (SSSR count). The highest BCUT2D eigenvalue weighted by molar-refractivity contribution is 6.30. The second-order valence-electron chi connectivity index (χ2n) is 12.2. The number of amides is 4. The molecule has 12 heteroatoms. The molecule has 0 saturated carbocycles. The summed E-state index contributed by atoms with van der Waals surface area (Å²) in [5, 5.41) is 9.13. The molecule has 1 heterocycles. The molecule has 0 unspecified atom stereocenters. The average molecular weight is 713 g/mol. The van der Waals surface area contributed by atoms with Crippen molar-refractivity contribution >= 4 is 35.2 Å². The van der Waals surface area contributed by atoms with Crippen molar-refractivity contribution in [3.05, 3.63) is 119 Å². The van der Waals surface area contributed by atoms with Gasteiger partial charge in [-0.05, 0) is 67.4 Å². The van der Waals surface area contributed by atoms with E-state index in [9.17, 15) is 19.2 Å². The third kappa shape index (κ3) is 10.7. The number of nitrogens with one attached hydrogen (secondary N) is 3. The number of para-hydroxylation sites is 3. The average Bonchev–Trinajstić information content (AvgIpc) is 3.13. The molecule has 266 valence electrons. The number of benzene rings is 4. The molecule has 11 nitrogen and oxygen atoms in total. The number of hydrogen-bond acceptors (Lipinski definition) is 7. The zero-order valence-corrected chi connectivity index (χ0v) is 29.2. The van der Waals surface area contributed by atoms with E-state index in [1.165, 1.54) is 4.90 Å². The van der Waals surface area contributed by atoms with Crippen LogP contribution in [0.2, 0.25) is 5.02 Å². The Kier molecular flexibility index (Phi) is 12.9. The van der Waals surface area contributed by atoms with Gasteiger partial charge in [0.15, 0.2) is 11.5 Å². The summed E-state index contributed by atoms with van der Waals surface area (Å²) in [7, 11) is 1.64. The van der Waals surface area contributed by atoms with Gasteiger partial charge in [-0.2, -0.15) is 0 Å². The van der Waals surface area contributed by atoms with E-state index in [0.29, 0.717) is 28.0 Å². The summed E-state index contributed by atoms with van der Waals surface area (Å²) in [4.78, 5) is 55.5. The Balaban J connectivity index is 1.29. The lowest BCUT2D eigenvalue weighted by molar-refractivity contribution is -0.135. The maximum atomic E-state index is 13.7. The maximum absolute atomic E-state index is 13.7. The monoisotopic (exact) mass is 712 g/mol. The van der Waals surface area contributed by atoms with Crippen LogP contribution in [0.15, 0.2) is 103 Å². The van der Waals surface area contributed by atoms with Crippen LogP contribution in [0.5, 0.6) is 23.0 Å². The Morgan fingerprint density at radius 3 is 2.37 bits per heavy atom. The quantitative estimate of drug-likeness (QED) is 0.218. The van der Waals surface area contributed by atoms with Gasteiger partial charge in [0.2, 0.25) is 17.7 Å². The number of nitrogens with zero attached hydrogens (tertiary/aromatic N) is 1. The summed E-state index contributed by atoms with van der Waals surface area (Å²) >= 11 is 6.00. The Morgan fingerprint density at radius 2 is 1.61 bits per heavy atom. The van der Waals surface area contributed by atoms with Crippen molar-refractivity contribution in [2.24, 2.45) is 0 Å². The molecular formula is C39H41ClN4O7. The highest BCUT2D eigenvalue weighted by Gasteiger charge is 2.28. The number of carbonyl (C=O) groups excluding carboxylic acids is 4. The maximum Gasteiger partial charge on any atom is 0.255 e. The number of carbonyl (C=O) groups is 4. The van der Waals surface area contributed by atoms with Crippen molar-refractivity contribution in [2.45, 2.75) is 44.3 Å². The van der Waals surface area contributed by atoms with Gasteiger partial charge in [-0.15, -0.1) is 0 Å². The third-order valence-electron chi connectivity index (χ3n) is 8.16. The van der Waals surface area contributed by atoms with E-state index < -0.39 is 35.8 Å². The largest absolute Gasteiger partial charge is 0.491 e. The summed E-state index contributed by atoms with van der Waals surface area (Å²) in [5.41, 5.74) is 1.10. The van der Waals surface area contributed by atoms with Crippen molar-refractivity contribution in [1.29, 1.82) is 0 Å². The van der Waals surface area contributed by atoms with Crippen LogP contribution in [0.1, 0.15) is 35.7 Å². The van der Waals surface area contributed by atoms with Crippen LogP contribution in [0.4, 0.5) is 0 Å². The number of rotatable bonds is 9. The minimum Gasteiger partial charge on any atom is -0.491 e. The highest BCUT2D eigenvalue weighted by atomic mass is 35.5.